The van der Waals surface area contributed by atoms with E-state index >= 15 is 0 Å². The summed E-state index contributed by atoms with van der Waals surface area (Å²) < 4.78 is 5.15. The topological polar surface area (TPSA) is 67.4 Å². The lowest BCUT2D eigenvalue weighted by Gasteiger charge is -2.08. The summed E-state index contributed by atoms with van der Waals surface area (Å²) >= 11 is 0. The Labute approximate surface area is 142 Å². The van der Waals surface area contributed by atoms with Gasteiger partial charge in [0.05, 0.1) is 7.11 Å². The quantitative estimate of drug-likeness (QED) is 0.733. The van der Waals surface area contributed by atoms with Gasteiger partial charge in [-0.2, -0.15) is 0 Å². The number of benzene rings is 2. The van der Waals surface area contributed by atoms with Crippen molar-refractivity contribution in [1.82, 2.24) is 10.6 Å². The van der Waals surface area contributed by atoms with Crippen molar-refractivity contribution in [2.45, 2.75) is 19.4 Å². The Morgan fingerprint density at radius 1 is 1.00 bits per heavy atom. The zero-order valence-electron chi connectivity index (χ0n) is 13.7. The summed E-state index contributed by atoms with van der Waals surface area (Å²) in [7, 11) is 1.61. The first-order chi connectivity index (χ1) is 11.7. The van der Waals surface area contributed by atoms with Gasteiger partial charge < -0.3 is 15.4 Å². The summed E-state index contributed by atoms with van der Waals surface area (Å²) in [5.74, 6) is 0.615. The molecule has 0 fully saturated rings. The van der Waals surface area contributed by atoms with Crippen LogP contribution in [0, 0.1) is 0 Å². The van der Waals surface area contributed by atoms with Crippen LogP contribution in [0.2, 0.25) is 0 Å². The van der Waals surface area contributed by atoms with Crippen molar-refractivity contribution in [2.24, 2.45) is 0 Å². The van der Waals surface area contributed by atoms with Gasteiger partial charge in [0.2, 0.25) is 5.91 Å². The van der Waals surface area contributed by atoms with E-state index in [-0.39, 0.29) is 11.8 Å². The standard InChI is InChI=1S/C19H22N2O3/c1-24-17-10-5-7-15(13-17)14-21-18(22)11-6-12-20-19(23)16-8-3-2-4-9-16/h2-5,7-10,13H,6,11-12,14H2,1H3,(H,20,23)(H,21,22). The number of ether oxygens (including phenoxy) is 1. The lowest BCUT2D eigenvalue weighted by molar-refractivity contribution is -0.121. The van der Waals surface area contributed by atoms with Crippen LogP contribution in [-0.4, -0.2) is 25.5 Å². The van der Waals surface area contributed by atoms with E-state index in [0.717, 1.165) is 11.3 Å². The molecule has 0 unspecified atom stereocenters. The maximum atomic E-state index is 11.8. The zero-order valence-corrected chi connectivity index (χ0v) is 13.7. The predicted molar refractivity (Wildman–Crippen MR) is 92.8 cm³/mol. The molecule has 0 heterocycles. The molecule has 2 amide bonds. The molecule has 0 radical (unpaired) electrons. The number of carbonyl (C=O) groups is 2. The fourth-order valence-electron chi connectivity index (χ4n) is 2.21. The molecule has 0 saturated carbocycles. The van der Waals surface area contributed by atoms with Crippen LogP contribution in [0.1, 0.15) is 28.8 Å². The first-order valence-corrected chi connectivity index (χ1v) is 7.92. The van der Waals surface area contributed by atoms with Crippen molar-refractivity contribution in [3.05, 3.63) is 65.7 Å². The van der Waals surface area contributed by atoms with Crippen LogP contribution in [0.3, 0.4) is 0 Å². The monoisotopic (exact) mass is 326 g/mol. The molecule has 0 spiro atoms. The van der Waals surface area contributed by atoms with Gasteiger partial charge in [0.15, 0.2) is 0 Å². The molecule has 2 rings (SSSR count). The molecule has 2 aromatic carbocycles. The molecule has 126 valence electrons. The van der Waals surface area contributed by atoms with E-state index in [0.29, 0.717) is 31.5 Å². The highest BCUT2D eigenvalue weighted by atomic mass is 16.5. The minimum absolute atomic E-state index is 0.0354. The summed E-state index contributed by atoms with van der Waals surface area (Å²) in [6.07, 6.45) is 0.974. The smallest absolute Gasteiger partial charge is 0.251 e. The van der Waals surface area contributed by atoms with Crippen molar-refractivity contribution in [3.63, 3.8) is 0 Å². The van der Waals surface area contributed by atoms with Crippen LogP contribution >= 0.6 is 0 Å². The summed E-state index contributed by atoms with van der Waals surface area (Å²) in [6, 6.07) is 16.6. The molecule has 0 atom stereocenters. The second-order valence-corrected chi connectivity index (χ2v) is 5.35. The maximum absolute atomic E-state index is 11.8. The van der Waals surface area contributed by atoms with E-state index < -0.39 is 0 Å². The van der Waals surface area contributed by atoms with Crippen LogP contribution in [0.4, 0.5) is 0 Å². The molecule has 5 nitrogen and oxygen atoms in total. The van der Waals surface area contributed by atoms with E-state index in [1.807, 2.05) is 42.5 Å². The van der Waals surface area contributed by atoms with E-state index in [4.69, 9.17) is 4.74 Å². The normalized spacial score (nSPS) is 10.0. The van der Waals surface area contributed by atoms with Crippen molar-refractivity contribution in [3.8, 4) is 5.75 Å². The largest absolute Gasteiger partial charge is 0.497 e. The molecule has 5 heteroatoms. The van der Waals surface area contributed by atoms with Gasteiger partial charge in [-0.15, -0.1) is 0 Å². The third-order valence-corrected chi connectivity index (χ3v) is 3.53. The Balaban J connectivity index is 1.64. The number of methoxy groups -OCH3 is 1. The SMILES string of the molecule is COc1cccc(CNC(=O)CCCNC(=O)c2ccccc2)c1. The Hall–Kier alpha value is -2.82. The van der Waals surface area contributed by atoms with Gasteiger partial charge in [-0.25, -0.2) is 0 Å². The van der Waals surface area contributed by atoms with Gasteiger partial charge in [0, 0.05) is 25.1 Å². The van der Waals surface area contributed by atoms with E-state index in [9.17, 15) is 9.59 Å². The third kappa shape index (κ3) is 5.76. The first-order valence-electron chi connectivity index (χ1n) is 7.92. The van der Waals surface area contributed by atoms with Gasteiger partial charge in [0.1, 0.15) is 5.75 Å². The summed E-state index contributed by atoms with van der Waals surface area (Å²) in [6.45, 7) is 0.937. The van der Waals surface area contributed by atoms with E-state index in [1.54, 1.807) is 19.2 Å². The van der Waals surface area contributed by atoms with Gasteiger partial charge in [0.25, 0.3) is 5.91 Å². The van der Waals surface area contributed by atoms with Gasteiger partial charge >= 0.3 is 0 Å². The number of carbonyl (C=O) groups excluding carboxylic acids is 2. The maximum Gasteiger partial charge on any atom is 0.251 e. The van der Waals surface area contributed by atoms with Crippen LogP contribution in [-0.2, 0) is 11.3 Å². The van der Waals surface area contributed by atoms with Crippen molar-refractivity contribution in [1.29, 1.82) is 0 Å². The molecular formula is C19H22N2O3. The highest BCUT2D eigenvalue weighted by Gasteiger charge is 2.05. The van der Waals surface area contributed by atoms with Crippen LogP contribution < -0.4 is 15.4 Å². The minimum atomic E-state index is -0.118. The third-order valence-electron chi connectivity index (χ3n) is 3.53. The van der Waals surface area contributed by atoms with E-state index in [2.05, 4.69) is 10.6 Å². The number of hydrogen-bond donors (Lipinski definition) is 2. The average molecular weight is 326 g/mol. The number of rotatable bonds is 8. The Morgan fingerprint density at radius 3 is 2.54 bits per heavy atom. The number of amides is 2. The lowest BCUT2D eigenvalue weighted by atomic mass is 10.2. The molecule has 0 bridgehead atoms. The molecule has 24 heavy (non-hydrogen) atoms. The Bertz CT molecular complexity index is 671. The molecule has 0 aromatic heterocycles. The average Bonchev–Trinajstić information content (AvgIpc) is 2.64. The highest BCUT2D eigenvalue weighted by Crippen LogP contribution is 2.12. The van der Waals surface area contributed by atoms with Crippen LogP contribution in [0.15, 0.2) is 54.6 Å². The molecule has 0 aliphatic carbocycles. The van der Waals surface area contributed by atoms with Gasteiger partial charge in [-0.3, -0.25) is 9.59 Å². The van der Waals surface area contributed by atoms with Gasteiger partial charge in [-0.1, -0.05) is 30.3 Å². The molecule has 2 aromatic rings. The van der Waals surface area contributed by atoms with Crippen molar-refractivity contribution < 1.29 is 14.3 Å². The highest BCUT2D eigenvalue weighted by molar-refractivity contribution is 5.94. The molecule has 0 saturated heterocycles. The summed E-state index contributed by atoms with van der Waals surface area (Å²) in [4.78, 5) is 23.7. The van der Waals surface area contributed by atoms with Crippen LogP contribution in [0.25, 0.3) is 0 Å². The van der Waals surface area contributed by atoms with Gasteiger partial charge in [-0.05, 0) is 36.2 Å². The predicted octanol–water partition coefficient (Wildman–Crippen LogP) is 2.52. The molecule has 2 N–H and O–H groups in total. The fraction of sp³-hybridized carbons (Fsp3) is 0.263. The van der Waals surface area contributed by atoms with E-state index in [1.165, 1.54) is 0 Å². The molecule has 0 aliphatic rings. The van der Waals surface area contributed by atoms with Crippen molar-refractivity contribution >= 4 is 11.8 Å². The molecule has 0 aliphatic heterocycles. The fourth-order valence-corrected chi connectivity index (χ4v) is 2.21. The second kappa shape index (κ2) is 9.35. The van der Waals surface area contributed by atoms with Crippen LogP contribution in [0.5, 0.6) is 5.75 Å². The Kier molecular flexibility index (Phi) is 6.83. The minimum Gasteiger partial charge on any atom is -0.497 e. The number of nitrogens with one attached hydrogen (secondary N) is 2. The zero-order chi connectivity index (χ0) is 17.2. The Morgan fingerprint density at radius 2 is 1.79 bits per heavy atom. The molecular weight excluding hydrogens is 304 g/mol. The number of hydrogen-bond acceptors (Lipinski definition) is 3. The second-order valence-electron chi connectivity index (χ2n) is 5.35. The van der Waals surface area contributed by atoms with Crippen molar-refractivity contribution in [2.75, 3.05) is 13.7 Å². The summed E-state index contributed by atoms with van der Waals surface area (Å²) in [5, 5.41) is 5.67. The lowest BCUT2D eigenvalue weighted by Crippen LogP contribution is -2.27. The summed E-state index contributed by atoms with van der Waals surface area (Å²) in [5.41, 5.74) is 1.61. The first kappa shape index (κ1) is 17.5.